The average Bonchev–Trinajstić information content (AvgIpc) is 2.73. The van der Waals surface area contributed by atoms with Gasteiger partial charge >= 0.3 is 0 Å². The second kappa shape index (κ2) is 4.11. The maximum absolute atomic E-state index is 10.1. The van der Waals surface area contributed by atoms with E-state index in [1.165, 1.54) is 0 Å². The molecular weight excluding hydrogens is 202 g/mol. The zero-order chi connectivity index (χ0) is 11.6. The van der Waals surface area contributed by atoms with Crippen molar-refractivity contribution in [1.82, 2.24) is 4.98 Å². The molecule has 4 nitrogen and oxygen atoms in total. The van der Waals surface area contributed by atoms with Crippen molar-refractivity contribution in [2.45, 2.75) is 25.4 Å². The zero-order valence-electron chi connectivity index (χ0n) is 9.35. The number of nitriles is 1. The van der Waals surface area contributed by atoms with E-state index in [2.05, 4.69) is 11.1 Å². The number of hydrogen-bond acceptors (Lipinski definition) is 4. The van der Waals surface area contributed by atoms with Gasteiger partial charge in [0, 0.05) is 19.3 Å². The topological polar surface area (TPSA) is 60.1 Å². The lowest BCUT2D eigenvalue weighted by Crippen LogP contribution is -2.32. The molecule has 0 spiro atoms. The quantitative estimate of drug-likeness (QED) is 0.811. The number of β-amino-alcohol motifs (C(OH)–C–C–N with tert-alkyl or cyclic N) is 1. The third kappa shape index (κ3) is 2.00. The van der Waals surface area contributed by atoms with Gasteiger partial charge in [0.15, 0.2) is 0 Å². The number of hydrogen-bond donors (Lipinski definition) is 1. The molecule has 1 aliphatic heterocycles. The van der Waals surface area contributed by atoms with Crippen molar-refractivity contribution < 1.29 is 5.11 Å². The molecule has 1 N–H and O–H groups in total. The zero-order valence-corrected chi connectivity index (χ0v) is 9.35. The molecule has 0 aliphatic carbocycles. The molecule has 1 saturated heterocycles. The van der Waals surface area contributed by atoms with Gasteiger partial charge in [0.05, 0.1) is 17.2 Å². The molecule has 4 heteroatoms. The van der Waals surface area contributed by atoms with E-state index >= 15 is 0 Å². The summed E-state index contributed by atoms with van der Waals surface area (Å²) in [7, 11) is 0. The molecule has 0 aromatic carbocycles. The molecule has 1 aromatic rings. The van der Waals surface area contributed by atoms with Gasteiger partial charge in [0.25, 0.3) is 0 Å². The van der Waals surface area contributed by atoms with Crippen LogP contribution in [0.3, 0.4) is 0 Å². The predicted octanol–water partition coefficient (Wildman–Crippen LogP) is 1.30. The minimum Gasteiger partial charge on any atom is -0.388 e. The summed E-state index contributed by atoms with van der Waals surface area (Å²) < 4.78 is 0. The Morgan fingerprint density at radius 1 is 1.69 bits per heavy atom. The van der Waals surface area contributed by atoms with Gasteiger partial charge in [-0.3, -0.25) is 0 Å². The molecule has 16 heavy (non-hydrogen) atoms. The summed E-state index contributed by atoms with van der Waals surface area (Å²) in [5.74, 6) is 0.781. The van der Waals surface area contributed by atoms with Crippen LogP contribution in [-0.2, 0) is 0 Å². The highest BCUT2D eigenvalue weighted by Gasteiger charge is 2.34. The second-order valence-electron chi connectivity index (χ2n) is 4.26. The Morgan fingerprint density at radius 3 is 3.12 bits per heavy atom. The van der Waals surface area contributed by atoms with Gasteiger partial charge < -0.3 is 10.0 Å². The molecule has 0 radical (unpaired) electrons. The lowest BCUT2D eigenvalue weighted by Gasteiger charge is -2.22. The summed E-state index contributed by atoms with van der Waals surface area (Å²) in [6.45, 7) is 3.39. The Kier molecular flexibility index (Phi) is 2.80. The van der Waals surface area contributed by atoms with Gasteiger partial charge in [-0.05, 0) is 25.0 Å². The Morgan fingerprint density at radius 2 is 2.50 bits per heavy atom. The number of anilines is 1. The van der Waals surface area contributed by atoms with E-state index in [0.717, 1.165) is 25.2 Å². The molecule has 1 aliphatic rings. The maximum atomic E-state index is 10.1. The van der Waals surface area contributed by atoms with E-state index in [4.69, 9.17) is 5.26 Å². The number of nitrogens with zero attached hydrogens (tertiary/aromatic N) is 3. The number of aliphatic hydroxyl groups is 1. The summed E-state index contributed by atoms with van der Waals surface area (Å²) >= 11 is 0. The normalized spacial score (nSPS) is 24.4. The lowest BCUT2D eigenvalue weighted by molar-refractivity contribution is 0.0593. The van der Waals surface area contributed by atoms with Crippen LogP contribution in [0.25, 0.3) is 0 Å². The summed E-state index contributed by atoms with van der Waals surface area (Å²) in [5.41, 5.74) is 0.0153. The van der Waals surface area contributed by atoms with Crippen LogP contribution in [0, 0.1) is 11.3 Å². The number of rotatable bonds is 2. The van der Waals surface area contributed by atoms with Crippen LogP contribution >= 0.6 is 0 Å². The van der Waals surface area contributed by atoms with Crippen molar-refractivity contribution >= 4 is 5.82 Å². The van der Waals surface area contributed by atoms with Crippen LogP contribution in [0.2, 0.25) is 0 Å². The smallest absolute Gasteiger partial charge is 0.129 e. The standard InChI is InChI=1S/C12H15N3O/c1-2-12(16)4-6-15(9-12)11-7-10(8-13)3-5-14-11/h3,5,7,16H,2,4,6,9H2,1H3. The van der Waals surface area contributed by atoms with Crippen LogP contribution in [0.15, 0.2) is 18.3 Å². The Hall–Kier alpha value is -1.60. The van der Waals surface area contributed by atoms with Crippen molar-refractivity contribution in [3.8, 4) is 6.07 Å². The van der Waals surface area contributed by atoms with Gasteiger partial charge in [0.2, 0.25) is 0 Å². The minimum atomic E-state index is -0.593. The molecule has 1 aromatic heterocycles. The molecule has 2 heterocycles. The van der Waals surface area contributed by atoms with E-state index in [1.807, 2.05) is 11.8 Å². The van der Waals surface area contributed by atoms with E-state index in [0.29, 0.717) is 12.1 Å². The Bertz CT molecular complexity index is 427. The van der Waals surface area contributed by atoms with E-state index < -0.39 is 5.60 Å². The van der Waals surface area contributed by atoms with Crippen LogP contribution in [0.4, 0.5) is 5.82 Å². The first-order chi connectivity index (χ1) is 7.67. The summed E-state index contributed by atoms with van der Waals surface area (Å²) in [6.07, 6.45) is 3.15. The van der Waals surface area contributed by atoms with E-state index in [1.54, 1.807) is 18.3 Å². The number of aromatic nitrogens is 1. The van der Waals surface area contributed by atoms with Gasteiger partial charge in [0.1, 0.15) is 5.82 Å². The fraction of sp³-hybridized carbons (Fsp3) is 0.500. The van der Waals surface area contributed by atoms with Crippen molar-refractivity contribution in [3.63, 3.8) is 0 Å². The molecule has 0 amide bonds. The van der Waals surface area contributed by atoms with Crippen LogP contribution in [0.1, 0.15) is 25.3 Å². The predicted molar refractivity (Wildman–Crippen MR) is 61.0 cm³/mol. The summed E-state index contributed by atoms with van der Waals surface area (Å²) in [6, 6.07) is 5.55. The van der Waals surface area contributed by atoms with Crippen LogP contribution in [0.5, 0.6) is 0 Å². The lowest BCUT2D eigenvalue weighted by atomic mass is 10.0. The first-order valence-electron chi connectivity index (χ1n) is 5.50. The largest absolute Gasteiger partial charge is 0.388 e. The van der Waals surface area contributed by atoms with Crippen molar-refractivity contribution in [2.24, 2.45) is 0 Å². The molecular formula is C12H15N3O. The minimum absolute atomic E-state index is 0.593. The molecule has 84 valence electrons. The van der Waals surface area contributed by atoms with Gasteiger partial charge in [-0.15, -0.1) is 0 Å². The monoisotopic (exact) mass is 217 g/mol. The SMILES string of the molecule is CCC1(O)CCN(c2cc(C#N)ccn2)C1. The molecule has 1 unspecified atom stereocenters. The summed E-state index contributed by atoms with van der Waals surface area (Å²) in [4.78, 5) is 6.26. The second-order valence-corrected chi connectivity index (χ2v) is 4.26. The highest BCUT2D eigenvalue weighted by Crippen LogP contribution is 2.27. The first-order valence-corrected chi connectivity index (χ1v) is 5.50. The highest BCUT2D eigenvalue weighted by atomic mass is 16.3. The van der Waals surface area contributed by atoms with Crippen LogP contribution in [-0.4, -0.2) is 28.8 Å². The van der Waals surface area contributed by atoms with E-state index in [9.17, 15) is 5.11 Å². The summed E-state index contributed by atoms with van der Waals surface area (Å²) in [5, 5.41) is 18.9. The molecule has 0 bridgehead atoms. The third-order valence-corrected chi connectivity index (χ3v) is 3.19. The van der Waals surface area contributed by atoms with Crippen molar-refractivity contribution in [1.29, 1.82) is 5.26 Å². The fourth-order valence-electron chi connectivity index (χ4n) is 2.00. The highest BCUT2D eigenvalue weighted by molar-refractivity contribution is 5.46. The van der Waals surface area contributed by atoms with Crippen LogP contribution < -0.4 is 4.90 Å². The van der Waals surface area contributed by atoms with Gasteiger partial charge in [-0.2, -0.15) is 5.26 Å². The third-order valence-electron chi connectivity index (χ3n) is 3.19. The fourth-order valence-corrected chi connectivity index (χ4v) is 2.00. The average molecular weight is 217 g/mol. The van der Waals surface area contributed by atoms with E-state index in [-0.39, 0.29) is 0 Å². The molecule has 0 saturated carbocycles. The Balaban J connectivity index is 2.18. The maximum Gasteiger partial charge on any atom is 0.129 e. The Labute approximate surface area is 95.1 Å². The molecule has 1 fully saturated rings. The molecule has 2 rings (SSSR count). The molecule has 1 atom stereocenters. The van der Waals surface area contributed by atoms with Crippen molar-refractivity contribution in [3.05, 3.63) is 23.9 Å². The van der Waals surface area contributed by atoms with Crippen molar-refractivity contribution in [2.75, 3.05) is 18.0 Å². The number of pyridine rings is 1. The van der Waals surface area contributed by atoms with Gasteiger partial charge in [-0.1, -0.05) is 6.92 Å². The van der Waals surface area contributed by atoms with Gasteiger partial charge in [-0.25, -0.2) is 4.98 Å². The first kappa shape index (κ1) is 10.9.